The number of primary amides is 1. The smallest absolute Gasteiger partial charge is 0.342 e. The van der Waals surface area contributed by atoms with Crippen molar-refractivity contribution in [1.82, 2.24) is 9.91 Å². The molecule has 0 spiro atoms. The molecule has 1 rings (SSSR count). The van der Waals surface area contributed by atoms with Gasteiger partial charge >= 0.3 is 12.1 Å². The van der Waals surface area contributed by atoms with Crippen molar-refractivity contribution in [3.05, 3.63) is 0 Å². The van der Waals surface area contributed by atoms with E-state index in [0.29, 0.717) is 19.5 Å². The molecule has 0 aliphatic carbocycles. The third kappa shape index (κ3) is 1.40. The van der Waals surface area contributed by atoms with Crippen LogP contribution in [0.15, 0.2) is 0 Å². The van der Waals surface area contributed by atoms with Gasteiger partial charge in [-0.2, -0.15) is 0 Å². The topological polar surface area (TPSA) is 92.7 Å². The van der Waals surface area contributed by atoms with Crippen molar-refractivity contribution < 1.29 is 9.59 Å². The Labute approximate surface area is 63.7 Å². The number of nitrogens with two attached hydrogens (primary N) is 2. The van der Waals surface area contributed by atoms with Crippen molar-refractivity contribution in [2.75, 3.05) is 13.1 Å². The van der Waals surface area contributed by atoms with Crippen LogP contribution in [-0.4, -0.2) is 35.1 Å². The molecule has 6 heteroatoms. The van der Waals surface area contributed by atoms with Crippen LogP contribution in [0.3, 0.4) is 0 Å². The number of rotatable bonds is 0. The molecule has 4 amide bonds. The zero-order valence-electron chi connectivity index (χ0n) is 5.99. The lowest BCUT2D eigenvalue weighted by Gasteiger charge is -2.29. The van der Waals surface area contributed by atoms with Gasteiger partial charge in [0, 0.05) is 13.1 Å². The molecular formula is C5H10N4O2. The predicted octanol–water partition coefficient (Wildman–Crippen LogP) is -0.933. The van der Waals surface area contributed by atoms with Crippen LogP contribution in [0.25, 0.3) is 0 Å². The molecule has 4 N–H and O–H groups in total. The van der Waals surface area contributed by atoms with Gasteiger partial charge in [0.05, 0.1) is 0 Å². The number of amides is 4. The first kappa shape index (κ1) is 7.80. The van der Waals surface area contributed by atoms with Crippen molar-refractivity contribution in [2.45, 2.75) is 6.42 Å². The van der Waals surface area contributed by atoms with Gasteiger partial charge in [0.1, 0.15) is 0 Å². The summed E-state index contributed by atoms with van der Waals surface area (Å²) in [6, 6.07) is -1.27. The molecule has 0 radical (unpaired) electrons. The lowest BCUT2D eigenvalue weighted by molar-refractivity contribution is 0.139. The van der Waals surface area contributed by atoms with Gasteiger partial charge in [-0.15, -0.1) is 0 Å². The summed E-state index contributed by atoms with van der Waals surface area (Å²) in [5.41, 5.74) is 4.90. The number of hydrazine groups is 1. The molecule has 1 aliphatic rings. The van der Waals surface area contributed by atoms with Crippen LogP contribution in [-0.2, 0) is 0 Å². The zero-order chi connectivity index (χ0) is 8.43. The van der Waals surface area contributed by atoms with Gasteiger partial charge in [-0.05, 0) is 6.42 Å². The molecule has 0 saturated carbocycles. The first-order chi connectivity index (χ1) is 5.13. The van der Waals surface area contributed by atoms with Gasteiger partial charge in [-0.1, -0.05) is 0 Å². The average molecular weight is 158 g/mol. The molecule has 0 bridgehead atoms. The average Bonchev–Trinajstić information content (AvgIpc) is 1.94. The molecule has 62 valence electrons. The molecule has 1 fully saturated rings. The molecule has 1 saturated heterocycles. The van der Waals surface area contributed by atoms with Crippen molar-refractivity contribution in [3.8, 4) is 0 Å². The Bertz CT molecular complexity index is 193. The van der Waals surface area contributed by atoms with E-state index in [9.17, 15) is 9.59 Å². The first-order valence-electron chi connectivity index (χ1n) is 3.26. The third-order valence-corrected chi connectivity index (χ3v) is 1.52. The predicted molar refractivity (Wildman–Crippen MR) is 37.2 cm³/mol. The van der Waals surface area contributed by atoms with Gasteiger partial charge in [0.15, 0.2) is 0 Å². The van der Waals surface area contributed by atoms with E-state index in [0.717, 1.165) is 9.91 Å². The van der Waals surface area contributed by atoms with E-state index in [2.05, 4.69) is 0 Å². The molecule has 0 atom stereocenters. The minimum Gasteiger partial charge on any atom is -0.351 e. The van der Waals surface area contributed by atoms with Crippen molar-refractivity contribution in [2.24, 2.45) is 11.6 Å². The Hall–Kier alpha value is -1.30. The maximum atomic E-state index is 11.0. The zero-order valence-corrected chi connectivity index (χ0v) is 5.99. The number of carbonyl (C=O) groups is 2. The van der Waals surface area contributed by atoms with E-state index in [1.807, 2.05) is 0 Å². The molecule has 0 unspecified atom stereocenters. The van der Waals surface area contributed by atoms with Gasteiger partial charge in [-0.3, -0.25) is 5.01 Å². The van der Waals surface area contributed by atoms with Gasteiger partial charge in [0.25, 0.3) is 0 Å². The summed E-state index contributed by atoms with van der Waals surface area (Å²) in [6.45, 7) is 0.838. The van der Waals surface area contributed by atoms with E-state index in [1.54, 1.807) is 0 Å². The summed E-state index contributed by atoms with van der Waals surface area (Å²) in [5.74, 6) is 5.24. The monoisotopic (exact) mass is 158 g/mol. The highest BCUT2D eigenvalue weighted by Crippen LogP contribution is 2.03. The molecule has 1 aliphatic heterocycles. The second-order valence-electron chi connectivity index (χ2n) is 2.32. The van der Waals surface area contributed by atoms with Crippen LogP contribution in [0.4, 0.5) is 9.59 Å². The van der Waals surface area contributed by atoms with Crippen LogP contribution in [0.1, 0.15) is 6.42 Å². The highest BCUT2D eigenvalue weighted by Gasteiger charge is 2.26. The normalized spacial score (nSPS) is 18.8. The number of urea groups is 2. The fraction of sp³-hybridized carbons (Fsp3) is 0.600. The second kappa shape index (κ2) is 2.75. The minimum atomic E-state index is -0.745. The highest BCUT2D eigenvalue weighted by atomic mass is 16.2. The molecule has 6 nitrogen and oxygen atoms in total. The first-order valence-corrected chi connectivity index (χ1v) is 3.26. The van der Waals surface area contributed by atoms with Gasteiger partial charge in [-0.25, -0.2) is 20.3 Å². The third-order valence-electron chi connectivity index (χ3n) is 1.52. The summed E-state index contributed by atoms with van der Waals surface area (Å²) < 4.78 is 0. The fourth-order valence-corrected chi connectivity index (χ4v) is 0.950. The molecule has 1 heterocycles. The largest absolute Gasteiger partial charge is 0.351 e. The van der Waals surface area contributed by atoms with Crippen LogP contribution in [0.2, 0.25) is 0 Å². The van der Waals surface area contributed by atoms with Crippen molar-refractivity contribution in [1.29, 1.82) is 0 Å². The van der Waals surface area contributed by atoms with Crippen molar-refractivity contribution in [3.63, 3.8) is 0 Å². The quantitative estimate of drug-likeness (QED) is 0.352. The van der Waals surface area contributed by atoms with Gasteiger partial charge in [0.2, 0.25) is 0 Å². The number of hydrogen-bond donors (Lipinski definition) is 2. The summed E-state index contributed by atoms with van der Waals surface area (Å²) >= 11 is 0. The number of imide groups is 1. The molecular weight excluding hydrogens is 148 g/mol. The lowest BCUT2D eigenvalue weighted by atomic mass is 10.3. The van der Waals surface area contributed by atoms with E-state index in [4.69, 9.17) is 11.6 Å². The van der Waals surface area contributed by atoms with Crippen LogP contribution < -0.4 is 11.6 Å². The van der Waals surface area contributed by atoms with E-state index in [1.165, 1.54) is 0 Å². The summed E-state index contributed by atoms with van der Waals surface area (Å²) in [7, 11) is 0. The minimum absolute atomic E-state index is 0.363. The number of nitrogens with zero attached hydrogens (tertiary/aromatic N) is 2. The Morgan fingerprint density at radius 2 is 2.09 bits per heavy atom. The summed E-state index contributed by atoms with van der Waals surface area (Å²) in [6.07, 6.45) is 0.672. The summed E-state index contributed by atoms with van der Waals surface area (Å²) in [4.78, 5) is 22.5. The Morgan fingerprint density at radius 3 is 2.55 bits per heavy atom. The maximum absolute atomic E-state index is 11.0. The number of carbonyl (C=O) groups excluding carboxylic acids is 2. The van der Waals surface area contributed by atoms with Crippen molar-refractivity contribution >= 4 is 12.1 Å². The Morgan fingerprint density at radius 1 is 1.45 bits per heavy atom. The molecule has 0 aromatic rings. The van der Waals surface area contributed by atoms with E-state index >= 15 is 0 Å². The van der Waals surface area contributed by atoms with Gasteiger partial charge < -0.3 is 5.73 Å². The molecule has 11 heavy (non-hydrogen) atoms. The Balaban J connectivity index is 2.66. The van der Waals surface area contributed by atoms with Crippen LogP contribution in [0, 0.1) is 0 Å². The van der Waals surface area contributed by atoms with E-state index < -0.39 is 12.1 Å². The lowest BCUT2D eigenvalue weighted by Crippen LogP contribution is -2.55. The molecule has 0 aromatic carbocycles. The highest BCUT2D eigenvalue weighted by molar-refractivity contribution is 5.92. The summed E-state index contributed by atoms with van der Waals surface area (Å²) in [5, 5.41) is 0.980. The standard InChI is InChI=1S/C5H10N4O2/c6-4(10)8-2-1-3-9(7)5(8)11/h1-3,7H2,(H2,6,10). The number of hydrogen-bond acceptors (Lipinski definition) is 3. The van der Waals surface area contributed by atoms with Crippen LogP contribution >= 0.6 is 0 Å². The Kier molecular flexibility index (Phi) is 1.95. The molecule has 0 aromatic heterocycles. The fourth-order valence-electron chi connectivity index (χ4n) is 0.950. The van der Waals surface area contributed by atoms with E-state index in [-0.39, 0.29) is 0 Å². The van der Waals surface area contributed by atoms with Crippen LogP contribution in [0.5, 0.6) is 0 Å². The second-order valence-corrected chi connectivity index (χ2v) is 2.32. The SMILES string of the molecule is NC(=O)N1CCCN(N)C1=O. The maximum Gasteiger partial charge on any atom is 0.342 e.